The summed E-state index contributed by atoms with van der Waals surface area (Å²) >= 11 is 11.9. The molecule has 2 aromatic carbocycles. The summed E-state index contributed by atoms with van der Waals surface area (Å²) in [5, 5.41) is 4.08. The first-order chi connectivity index (χ1) is 8.47. The molecule has 3 N–H and O–H groups in total. The topological polar surface area (TPSA) is 38.0 Å². The summed E-state index contributed by atoms with van der Waals surface area (Å²) in [7, 11) is 0. The maximum atomic E-state index is 13.3. The molecule has 0 aromatic heterocycles. The Labute approximate surface area is 115 Å². The van der Waals surface area contributed by atoms with Crippen LogP contribution in [0.4, 0.5) is 21.5 Å². The first kappa shape index (κ1) is 13.0. The Morgan fingerprint density at radius 1 is 1.11 bits per heavy atom. The van der Waals surface area contributed by atoms with Gasteiger partial charge in [0.15, 0.2) is 0 Å². The number of benzene rings is 2. The van der Waals surface area contributed by atoms with E-state index in [4.69, 9.17) is 28.9 Å². The van der Waals surface area contributed by atoms with Gasteiger partial charge in [0.2, 0.25) is 0 Å². The van der Waals surface area contributed by atoms with E-state index in [1.165, 1.54) is 6.07 Å². The predicted octanol–water partition coefficient (Wildman–Crippen LogP) is 4.77. The summed E-state index contributed by atoms with van der Waals surface area (Å²) in [5.74, 6) is -0.333. The zero-order valence-corrected chi connectivity index (χ0v) is 11.1. The summed E-state index contributed by atoms with van der Waals surface area (Å²) < 4.78 is 13.3. The summed E-state index contributed by atoms with van der Waals surface area (Å²) in [6.45, 7) is 1.67. The van der Waals surface area contributed by atoms with Crippen molar-refractivity contribution in [1.82, 2.24) is 0 Å². The van der Waals surface area contributed by atoms with Gasteiger partial charge in [-0.05, 0) is 42.8 Å². The highest BCUT2D eigenvalue weighted by atomic mass is 35.5. The van der Waals surface area contributed by atoms with Gasteiger partial charge >= 0.3 is 0 Å². The van der Waals surface area contributed by atoms with Crippen LogP contribution >= 0.6 is 23.2 Å². The van der Waals surface area contributed by atoms with Gasteiger partial charge in [-0.1, -0.05) is 23.2 Å². The molecule has 0 aliphatic carbocycles. The van der Waals surface area contributed by atoms with Crippen LogP contribution in [0.1, 0.15) is 5.56 Å². The maximum absolute atomic E-state index is 13.3. The van der Waals surface area contributed by atoms with Gasteiger partial charge in [-0.15, -0.1) is 0 Å². The Kier molecular flexibility index (Phi) is 3.64. The SMILES string of the molecule is Cc1cc(Nc2ccc(Cl)cc2Cl)c(N)cc1F. The van der Waals surface area contributed by atoms with Crippen molar-refractivity contribution < 1.29 is 4.39 Å². The third-order valence-corrected chi connectivity index (χ3v) is 3.08. The Bertz CT molecular complexity index is 600. The fourth-order valence-corrected chi connectivity index (χ4v) is 2.00. The van der Waals surface area contributed by atoms with Gasteiger partial charge in [-0.3, -0.25) is 0 Å². The summed E-state index contributed by atoms with van der Waals surface area (Å²) in [5.41, 5.74) is 7.86. The molecule has 0 unspecified atom stereocenters. The van der Waals surface area contributed by atoms with Crippen LogP contribution in [-0.2, 0) is 0 Å². The maximum Gasteiger partial charge on any atom is 0.128 e. The molecule has 0 saturated carbocycles. The second-order valence-corrected chi connectivity index (χ2v) is 4.78. The fourth-order valence-electron chi connectivity index (χ4n) is 1.54. The van der Waals surface area contributed by atoms with Gasteiger partial charge in [0.25, 0.3) is 0 Å². The highest BCUT2D eigenvalue weighted by Crippen LogP contribution is 2.31. The van der Waals surface area contributed by atoms with Crippen molar-refractivity contribution in [2.45, 2.75) is 6.92 Å². The van der Waals surface area contributed by atoms with Crippen LogP contribution in [0, 0.1) is 12.7 Å². The predicted molar refractivity (Wildman–Crippen MR) is 75.3 cm³/mol. The molecule has 2 aromatic rings. The van der Waals surface area contributed by atoms with Crippen molar-refractivity contribution >= 4 is 40.3 Å². The number of rotatable bonds is 2. The number of nitrogens with one attached hydrogen (secondary N) is 1. The number of aryl methyl sites for hydroxylation is 1. The van der Waals surface area contributed by atoms with Crippen LogP contribution in [0.15, 0.2) is 30.3 Å². The van der Waals surface area contributed by atoms with E-state index in [1.54, 1.807) is 31.2 Å². The molecule has 0 bridgehead atoms. The standard InChI is InChI=1S/C13H11Cl2FN2/c1-7-4-13(11(17)6-10(7)16)18-12-3-2-8(14)5-9(12)15/h2-6,18H,17H2,1H3. The molecule has 0 fully saturated rings. The Morgan fingerprint density at radius 3 is 2.50 bits per heavy atom. The molecule has 5 heteroatoms. The molecule has 18 heavy (non-hydrogen) atoms. The first-order valence-electron chi connectivity index (χ1n) is 5.25. The molecular weight excluding hydrogens is 274 g/mol. The molecule has 0 aliphatic heterocycles. The average molecular weight is 285 g/mol. The van der Waals surface area contributed by atoms with E-state index < -0.39 is 0 Å². The normalized spacial score (nSPS) is 10.4. The third kappa shape index (κ3) is 2.68. The van der Waals surface area contributed by atoms with E-state index in [1.807, 2.05) is 0 Å². The van der Waals surface area contributed by atoms with Gasteiger partial charge in [0.1, 0.15) is 5.82 Å². The van der Waals surface area contributed by atoms with Gasteiger partial charge in [0, 0.05) is 5.02 Å². The van der Waals surface area contributed by atoms with Crippen molar-refractivity contribution in [3.8, 4) is 0 Å². The molecule has 2 nitrogen and oxygen atoms in total. The van der Waals surface area contributed by atoms with Crippen LogP contribution in [0.5, 0.6) is 0 Å². The minimum Gasteiger partial charge on any atom is -0.397 e. The van der Waals surface area contributed by atoms with Gasteiger partial charge in [-0.2, -0.15) is 0 Å². The lowest BCUT2D eigenvalue weighted by Gasteiger charge is -2.12. The minimum atomic E-state index is -0.333. The van der Waals surface area contributed by atoms with E-state index in [2.05, 4.69) is 5.32 Å². The number of anilines is 3. The second kappa shape index (κ2) is 5.04. The van der Waals surface area contributed by atoms with Crippen molar-refractivity contribution in [3.63, 3.8) is 0 Å². The van der Waals surface area contributed by atoms with E-state index >= 15 is 0 Å². The van der Waals surface area contributed by atoms with Crippen molar-refractivity contribution in [2.75, 3.05) is 11.1 Å². The van der Waals surface area contributed by atoms with Crippen molar-refractivity contribution in [3.05, 3.63) is 51.8 Å². The molecule has 0 atom stereocenters. The van der Waals surface area contributed by atoms with Crippen LogP contribution in [0.25, 0.3) is 0 Å². The molecule has 0 radical (unpaired) electrons. The van der Waals surface area contributed by atoms with E-state index in [-0.39, 0.29) is 5.82 Å². The zero-order chi connectivity index (χ0) is 13.3. The molecule has 0 aliphatic rings. The van der Waals surface area contributed by atoms with Crippen LogP contribution < -0.4 is 11.1 Å². The number of hydrogen-bond acceptors (Lipinski definition) is 2. The second-order valence-electron chi connectivity index (χ2n) is 3.94. The largest absolute Gasteiger partial charge is 0.397 e. The monoisotopic (exact) mass is 284 g/mol. The number of hydrogen-bond donors (Lipinski definition) is 2. The van der Waals surface area contributed by atoms with Crippen LogP contribution in [0.2, 0.25) is 10.0 Å². The number of halogens is 3. The number of nitrogens with two attached hydrogens (primary N) is 1. The Morgan fingerprint density at radius 2 is 1.83 bits per heavy atom. The van der Waals surface area contributed by atoms with Gasteiger partial charge in [0.05, 0.1) is 22.1 Å². The molecule has 0 spiro atoms. The highest BCUT2D eigenvalue weighted by Gasteiger charge is 2.07. The molecule has 0 amide bonds. The lowest BCUT2D eigenvalue weighted by Crippen LogP contribution is -1.99. The lowest BCUT2D eigenvalue weighted by molar-refractivity contribution is 0.619. The molecule has 0 saturated heterocycles. The molecule has 0 heterocycles. The van der Waals surface area contributed by atoms with E-state index in [0.717, 1.165) is 0 Å². The van der Waals surface area contributed by atoms with Crippen molar-refractivity contribution in [1.29, 1.82) is 0 Å². The molecule has 2 rings (SSSR count). The molecular formula is C13H11Cl2FN2. The first-order valence-corrected chi connectivity index (χ1v) is 6.00. The zero-order valence-electron chi connectivity index (χ0n) is 9.60. The number of nitrogen functional groups attached to an aromatic ring is 1. The van der Waals surface area contributed by atoms with Crippen molar-refractivity contribution in [2.24, 2.45) is 0 Å². The lowest BCUT2D eigenvalue weighted by atomic mass is 10.1. The van der Waals surface area contributed by atoms with Gasteiger partial charge < -0.3 is 11.1 Å². The van der Waals surface area contributed by atoms with Crippen LogP contribution in [-0.4, -0.2) is 0 Å². The summed E-state index contributed by atoms with van der Waals surface area (Å²) in [6, 6.07) is 7.99. The van der Waals surface area contributed by atoms with Crippen LogP contribution in [0.3, 0.4) is 0 Å². The summed E-state index contributed by atoms with van der Waals surface area (Å²) in [6.07, 6.45) is 0. The third-order valence-electron chi connectivity index (χ3n) is 2.53. The highest BCUT2D eigenvalue weighted by molar-refractivity contribution is 6.36. The quantitative estimate of drug-likeness (QED) is 0.780. The van der Waals surface area contributed by atoms with E-state index in [9.17, 15) is 4.39 Å². The minimum absolute atomic E-state index is 0.323. The summed E-state index contributed by atoms with van der Waals surface area (Å²) in [4.78, 5) is 0. The van der Waals surface area contributed by atoms with Gasteiger partial charge in [-0.25, -0.2) is 4.39 Å². The fraction of sp³-hybridized carbons (Fsp3) is 0.0769. The Balaban J connectivity index is 2.37. The average Bonchev–Trinajstić information content (AvgIpc) is 2.29. The smallest absolute Gasteiger partial charge is 0.128 e. The molecule has 94 valence electrons. The van der Waals surface area contributed by atoms with E-state index in [0.29, 0.717) is 32.7 Å². The Hall–Kier alpha value is -1.45.